The normalized spacial score (nSPS) is 11.7. The first-order valence-electron chi connectivity index (χ1n) is 5.20. The van der Waals surface area contributed by atoms with Crippen LogP contribution in [-0.2, 0) is 25.5 Å². The summed E-state index contributed by atoms with van der Waals surface area (Å²) in [5, 5.41) is 18.5. The predicted molar refractivity (Wildman–Crippen MR) is 61.0 cm³/mol. The molecule has 0 bridgehead atoms. The first kappa shape index (κ1) is 13.8. The molecule has 0 aliphatic heterocycles. The van der Waals surface area contributed by atoms with Gasteiger partial charge in [-0.2, -0.15) is 0 Å². The largest absolute Gasteiger partial charge is 0.504 e. The number of phenolic OH excluding ortho intramolecular Hbond substituents is 2. The Kier molecular flexibility index (Phi) is 4.53. The Hall–Kier alpha value is -2.24. The molecule has 0 aliphatic carbocycles. The van der Waals surface area contributed by atoms with Crippen molar-refractivity contribution in [1.29, 1.82) is 0 Å². The van der Waals surface area contributed by atoms with E-state index in [0.717, 1.165) is 0 Å². The van der Waals surface area contributed by atoms with Crippen molar-refractivity contribution in [2.45, 2.75) is 19.4 Å². The van der Waals surface area contributed by atoms with Crippen LogP contribution in [0.2, 0.25) is 0 Å². The summed E-state index contributed by atoms with van der Waals surface area (Å²) >= 11 is 0. The Bertz CT molecular complexity index is 454. The van der Waals surface area contributed by atoms with E-state index in [9.17, 15) is 14.7 Å². The summed E-state index contributed by atoms with van der Waals surface area (Å²) in [5.41, 5.74) is 0.530. The molecule has 2 N–H and O–H groups in total. The zero-order valence-electron chi connectivity index (χ0n) is 10.0. The molecule has 6 nitrogen and oxygen atoms in total. The summed E-state index contributed by atoms with van der Waals surface area (Å²) in [5.74, 6) is -1.86. The highest BCUT2D eigenvalue weighted by atomic mass is 16.6. The molecule has 18 heavy (non-hydrogen) atoms. The predicted octanol–water partition coefficient (Wildman–Crippen LogP) is 0.745. The van der Waals surface area contributed by atoms with Crippen LogP contribution in [0.3, 0.4) is 0 Å². The van der Waals surface area contributed by atoms with Crippen LogP contribution in [0.5, 0.6) is 11.5 Å². The van der Waals surface area contributed by atoms with Crippen LogP contribution >= 0.6 is 0 Å². The van der Waals surface area contributed by atoms with Gasteiger partial charge >= 0.3 is 11.9 Å². The fourth-order valence-corrected chi connectivity index (χ4v) is 1.41. The topological polar surface area (TPSA) is 93.1 Å². The van der Waals surface area contributed by atoms with Gasteiger partial charge in [0.2, 0.25) is 6.10 Å². The van der Waals surface area contributed by atoms with Crippen LogP contribution in [0.25, 0.3) is 0 Å². The van der Waals surface area contributed by atoms with Crippen molar-refractivity contribution in [3.63, 3.8) is 0 Å². The molecule has 0 fully saturated rings. The smallest absolute Gasteiger partial charge is 0.347 e. The standard InChI is InChI=1S/C12H14O6/c1-7(13)18-11(12(16)17-2)6-8-3-4-9(14)10(15)5-8/h3-5,11,14-15H,6H2,1-2H3/t11-/m1/s1. The van der Waals surface area contributed by atoms with Gasteiger partial charge in [0.1, 0.15) is 0 Å². The molecule has 0 saturated heterocycles. The van der Waals surface area contributed by atoms with Gasteiger partial charge in [-0.25, -0.2) is 4.79 Å². The maximum atomic E-state index is 11.4. The van der Waals surface area contributed by atoms with Crippen LogP contribution in [0.4, 0.5) is 0 Å². The Balaban J connectivity index is 2.85. The van der Waals surface area contributed by atoms with Crippen LogP contribution in [-0.4, -0.2) is 35.4 Å². The van der Waals surface area contributed by atoms with Crippen LogP contribution in [0, 0.1) is 0 Å². The number of esters is 2. The van der Waals surface area contributed by atoms with Gasteiger partial charge in [-0.3, -0.25) is 4.79 Å². The maximum absolute atomic E-state index is 11.4. The molecule has 98 valence electrons. The Morgan fingerprint density at radius 1 is 1.28 bits per heavy atom. The minimum Gasteiger partial charge on any atom is -0.504 e. The Morgan fingerprint density at radius 2 is 1.94 bits per heavy atom. The molecular formula is C12H14O6. The van der Waals surface area contributed by atoms with E-state index in [-0.39, 0.29) is 17.9 Å². The number of phenols is 2. The van der Waals surface area contributed by atoms with Gasteiger partial charge < -0.3 is 19.7 Å². The highest BCUT2D eigenvalue weighted by Crippen LogP contribution is 2.25. The van der Waals surface area contributed by atoms with Crippen LogP contribution in [0.1, 0.15) is 12.5 Å². The Labute approximate surface area is 104 Å². The number of rotatable bonds is 4. The molecule has 1 atom stereocenters. The van der Waals surface area contributed by atoms with Gasteiger partial charge in [0, 0.05) is 13.3 Å². The number of aromatic hydroxyl groups is 2. The molecule has 1 aromatic carbocycles. The van der Waals surface area contributed by atoms with E-state index in [4.69, 9.17) is 9.84 Å². The third kappa shape index (κ3) is 3.65. The summed E-state index contributed by atoms with van der Waals surface area (Å²) in [6.45, 7) is 1.18. The van der Waals surface area contributed by atoms with Gasteiger partial charge in [-0.1, -0.05) is 6.07 Å². The van der Waals surface area contributed by atoms with E-state index in [0.29, 0.717) is 5.56 Å². The second kappa shape index (κ2) is 5.90. The molecule has 0 amide bonds. The average Bonchev–Trinajstić information content (AvgIpc) is 2.31. The lowest BCUT2D eigenvalue weighted by Gasteiger charge is -2.14. The van der Waals surface area contributed by atoms with Crippen molar-refractivity contribution in [2.75, 3.05) is 7.11 Å². The number of carbonyl (C=O) groups excluding carboxylic acids is 2. The molecule has 1 rings (SSSR count). The molecule has 1 aromatic rings. The first-order valence-corrected chi connectivity index (χ1v) is 5.20. The minimum atomic E-state index is -1.07. The fourth-order valence-electron chi connectivity index (χ4n) is 1.41. The lowest BCUT2D eigenvalue weighted by Crippen LogP contribution is -2.29. The second-order valence-corrected chi connectivity index (χ2v) is 3.65. The van der Waals surface area contributed by atoms with Crippen LogP contribution < -0.4 is 0 Å². The quantitative estimate of drug-likeness (QED) is 0.608. The zero-order valence-corrected chi connectivity index (χ0v) is 10.0. The first-order chi connectivity index (χ1) is 8.43. The zero-order chi connectivity index (χ0) is 13.7. The molecule has 0 aliphatic rings. The molecule has 0 saturated carbocycles. The SMILES string of the molecule is COC(=O)[C@@H](Cc1ccc(O)c(O)c1)OC(C)=O. The van der Waals surface area contributed by atoms with E-state index in [2.05, 4.69) is 4.74 Å². The van der Waals surface area contributed by atoms with Crippen molar-refractivity contribution < 1.29 is 29.3 Å². The Morgan fingerprint density at radius 3 is 2.44 bits per heavy atom. The summed E-state index contributed by atoms with van der Waals surface area (Å²) in [6, 6.07) is 4.08. The van der Waals surface area contributed by atoms with Gasteiger partial charge in [0.05, 0.1) is 7.11 Å². The van der Waals surface area contributed by atoms with Crippen molar-refractivity contribution in [1.82, 2.24) is 0 Å². The van der Waals surface area contributed by atoms with E-state index in [1.807, 2.05) is 0 Å². The summed E-state index contributed by atoms with van der Waals surface area (Å²) < 4.78 is 9.33. The van der Waals surface area contributed by atoms with E-state index in [1.165, 1.54) is 32.2 Å². The number of ether oxygens (including phenoxy) is 2. The third-order valence-electron chi connectivity index (χ3n) is 2.23. The molecule has 0 aromatic heterocycles. The van der Waals surface area contributed by atoms with E-state index >= 15 is 0 Å². The van der Waals surface area contributed by atoms with Crippen molar-refractivity contribution >= 4 is 11.9 Å². The van der Waals surface area contributed by atoms with Gasteiger partial charge in [-0.05, 0) is 17.7 Å². The maximum Gasteiger partial charge on any atom is 0.347 e. The fraction of sp³-hybridized carbons (Fsp3) is 0.333. The lowest BCUT2D eigenvalue weighted by atomic mass is 10.1. The highest BCUT2D eigenvalue weighted by Gasteiger charge is 2.23. The van der Waals surface area contributed by atoms with E-state index < -0.39 is 18.0 Å². The summed E-state index contributed by atoms with van der Waals surface area (Å²) in [7, 11) is 1.19. The van der Waals surface area contributed by atoms with Crippen LogP contribution in [0.15, 0.2) is 18.2 Å². The molecule has 6 heteroatoms. The number of benzene rings is 1. The minimum absolute atomic E-state index is 0.0556. The molecule has 0 radical (unpaired) electrons. The second-order valence-electron chi connectivity index (χ2n) is 3.65. The summed E-state index contributed by atoms with van der Waals surface area (Å²) in [6.07, 6.45) is -1.02. The monoisotopic (exact) mass is 254 g/mol. The van der Waals surface area contributed by atoms with Crippen molar-refractivity contribution in [3.05, 3.63) is 23.8 Å². The number of carbonyl (C=O) groups is 2. The number of hydrogen-bond acceptors (Lipinski definition) is 6. The third-order valence-corrected chi connectivity index (χ3v) is 2.23. The lowest BCUT2D eigenvalue weighted by molar-refractivity contribution is -0.164. The van der Waals surface area contributed by atoms with Crippen molar-refractivity contribution in [3.8, 4) is 11.5 Å². The molecule has 0 unspecified atom stereocenters. The number of methoxy groups -OCH3 is 1. The van der Waals surface area contributed by atoms with Crippen molar-refractivity contribution in [2.24, 2.45) is 0 Å². The van der Waals surface area contributed by atoms with E-state index in [1.54, 1.807) is 0 Å². The summed E-state index contributed by atoms with van der Waals surface area (Å²) in [4.78, 5) is 22.3. The molecule has 0 spiro atoms. The highest BCUT2D eigenvalue weighted by molar-refractivity contribution is 5.78. The molecular weight excluding hydrogens is 240 g/mol. The van der Waals surface area contributed by atoms with Gasteiger partial charge in [0.25, 0.3) is 0 Å². The van der Waals surface area contributed by atoms with Gasteiger partial charge in [-0.15, -0.1) is 0 Å². The average molecular weight is 254 g/mol. The number of hydrogen-bond donors (Lipinski definition) is 2. The molecule has 0 heterocycles. The van der Waals surface area contributed by atoms with Gasteiger partial charge in [0.15, 0.2) is 11.5 Å².